The lowest BCUT2D eigenvalue weighted by Gasteiger charge is -2.27. The summed E-state index contributed by atoms with van der Waals surface area (Å²) < 4.78 is 6.43. The van der Waals surface area contributed by atoms with Gasteiger partial charge >= 0.3 is 0 Å². The number of fused-ring (bicyclic) bond motifs is 7. The Bertz CT molecular complexity index is 3230. The maximum absolute atomic E-state index is 6.43. The molecular formula is C54H35NO. The van der Waals surface area contributed by atoms with Crippen LogP contribution < -0.4 is 4.90 Å². The molecule has 262 valence electrons. The monoisotopic (exact) mass is 713 g/mol. The summed E-state index contributed by atoms with van der Waals surface area (Å²) in [5, 5.41) is 9.71. The van der Waals surface area contributed by atoms with Crippen LogP contribution in [0.2, 0.25) is 0 Å². The third-order valence-corrected chi connectivity index (χ3v) is 11.3. The molecule has 0 atom stereocenters. The smallest absolute Gasteiger partial charge is 0.143 e. The molecule has 0 N–H and O–H groups in total. The van der Waals surface area contributed by atoms with Crippen LogP contribution in [-0.4, -0.2) is 0 Å². The first-order valence-electron chi connectivity index (χ1n) is 19.2. The van der Waals surface area contributed by atoms with Crippen LogP contribution in [0.5, 0.6) is 0 Å². The lowest BCUT2D eigenvalue weighted by Crippen LogP contribution is -2.10. The zero-order valence-corrected chi connectivity index (χ0v) is 30.6. The van der Waals surface area contributed by atoms with Crippen molar-refractivity contribution in [3.05, 3.63) is 212 Å². The van der Waals surface area contributed by atoms with E-state index in [0.717, 1.165) is 50.1 Å². The topological polar surface area (TPSA) is 16.4 Å². The van der Waals surface area contributed by atoms with Crippen LogP contribution >= 0.6 is 0 Å². The van der Waals surface area contributed by atoms with E-state index in [2.05, 4.69) is 205 Å². The first-order chi connectivity index (χ1) is 27.8. The third-order valence-electron chi connectivity index (χ3n) is 11.3. The van der Waals surface area contributed by atoms with Crippen LogP contribution in [0.4, 0.5) is 17.1 Å². The third kappa shape index (κ3) is 5.19. The second kappa shape index (κ2) is 13.2. The molecular weight excluding hydrogens is 679 g/mol. The van der Waals surface area contributed by atoms with Gasteiger partial charge in [-0.3, -0.25) is 0 Å². The van der Waals surface area contributed by atoms with E-state index in [4.69, 9.17) is 4.42 Å². The van der Waals surface area contributed by atoms with Gasteiger partial charge in [0.05, 0.1) is 5.69 Å². The summed E-state index contributed by atoms with van der Waals surface area (Å²) in [5.74, 6) is 0. The molecule has 2 nitrogen and oxygen atoms in total. The summed E-state index contributed by atoms with van der Waals surface area (Å²) in [6.45, 7) is 0. The Kier molecular flexibility index (Phi) is 7.53. The van der Waals surface area contributed by atoms with Crippen molar-refractivity contribution in [1.29, 1.82) is 0 Å². The lowest BCUT2D eigenvalue weighted by atomic mass is 9.85. The van der Waals surface area contributed by atoms with E-state index >= 15 is 0 Å². The van der Waals surface area contributed by atoms with Crippen molar-refractivity contribution in [3.63, 3.8) is 0 Å². The number of anilines is 3. The molecule has 1 aromatic heterocycles. The molecule has 0 saturated carbocycles. The summed E-state index contributed by atoms with van der Waals surface area (Å²) in [7, 11) is 0. The van der Waals surface area contributed by atoms with Crippen molar-refractivity contribution in [1.82, 2.24) is 0 Å². The molecule has 0 aliphatic carbocycles. The zero-order valence-electron chi connectivity index (χ0n) is 30.6. The molecule has 11 rings (SSSR count). The average Bonchev–Trinajstić information content (AvgIpc) is 3.66. The van der Waals surface area contributed by atoms with E-state index < -0.39 is 0 Å². The van der Waals surface area contributed by atoms with Gasteiger partial charge in [-0.2, -0.15) is 0 Å². The Labute approximate surface area is 325 Å². The second-order valence-corrected chi connectivity index (χ2v) is 14.4. The normalized spacial score (nSPS) is 11.6. The summed E-state index contributed by atoms with van der Waals surface area (Å²) in [5.41, 5.74) is 12.2. The Hall–Kier alpha value is -7.42. The molecule has 0 saturated heterocycles. The number of rotatable bonds is 6. The van der Waals surface area contributed by atoms with Crippen molar-refractivity contribution >= 4 is 71.3 Å². The first kappa shape index (κ1) is 32.0. The fraction of sp³-hybridized carbons (Fsp3) is 0. The van der Waals surface area contributed by atoms with Crippen LogP contribution in [-0.2, 0) is 0 Å². The van der Waals surface area contributed by atoms with Crippen molar-refractivity contribution in [2.75, 3.05) is 4.90 Å². The highest BCUT2D eigenvalue weighted by Gasteiger charge is 2.20. The molecule has 0 aliphatic heterocycles. The fourth-order valence-electron chi connectivity index (χ4n) is 8.72. The summed E-state index contributed by atoms with van der Waals surface area (Å²) in [4.78, 5) is 2.38. The maximum atomic E-state index is 6.43. The van der Waals surface area contributed by atoms with E-state index in [9.17, 15) is 0 Å². The molecule has 0 fully saturated rings. The summed E-state index contributed by atoms with van der Waals surface area (Å²) in [6, 6.07) is 76.4. The fourth-order valence-corrected chi connectivity index (χ4v) is 8.72. The van der Waals surface area contributed by atoms with Gasteiger partial charge in [-0.15, -0.1) is 0 Å². The molecule has 0 bridgehead atoms. The Morgan fingerprint density at radius 2 is 0.786 bits per heavy atom. The number of para-hydroxylation sites is 2. The quantitative estimate of drug-likeness (QED) is 0.160. The van der Waals surface area contributed by atoms with E-state index in [1.807, 2.05) is 12.1 Å². The van der Waals surface area contributed by atoms with Crippen molar-refractivity contribution in [3.8, 4) is 33.4 Å². The van der Waals surface area contributed by atoms with Gasteiger partial charge in [0.2, 0.25) is 0 Å². The van der Waals surface area contributed by atoms with Gasteiger partial charge < -0.3 is 9.32 Å². The number of benzene rings is 10. The second-order valence-electron chi connectivity index (χ2n) is 14.4. The number of furan rings is 1. The molecule has 0 aliphatic rings. The molecule has 56 heavy (non-hydrogen) atoms. The zero-order chi connectivity index (χ0) is 37.0. The maximum Gasteiger partial charge on any atom is 0.143 e. The van der Waals surface area contributed by atoms with Crippen LogP contribution in [0.15, 0.2) is 217 Å². The van der Waals surface area contributed by atoms with E-state index in [-0.39, 0.29) is 0 Å². The Morgan fingerprint density at radius 3 is 1.46 bits per heavy atom. The van der Waals surface area contributed by atoms with Gasteiger partial charge in [-0.05, 0) is 91.1 Å². The molecule has 0 spiro atoms. The summed E-state index contributed by atoms with van der Waals surface area (Å²) >= 11 is 0. The van der Waals surface area contributed by atoms with Gasteiger partial charge in [-0.1, -0.05) is 176 Å². The predicted molar refractivity (Wildman–Crippen MR) is 237 cm³/mol. The molecule has 11 aromatic rings. The Morgan fingerprint density at radius 1 is 0.304 bits per heavy atom. The van der Waals surface area contributed by atoms with Crippen LogP contribution in [0.3, 0.4) is 0 Å². The molecule has 0 unspecified atom stereocenters. The Balaban J connectivity index is 1.08. The highest BCUT2D eigenvalue weighted by atomic mass is 16.3. The predicted octanol–water partition coefficient (Wildman–Crippen LogP) is 15.5. The van der Waals surface area contributed by atoms with E-state index in [1.165, 1.54) is 54.6 Å². The van der Waals surface area contributed by atoms with Gasteiger partial charge in [0, 0.05) is 33.1 Å². The van der Waals surface area contributed by atoms with Crippen LogP contribution in [0.1, 0.15) is 0 Å². The lowest BCUT2D eigenvalue weighted by molar-refractivity contribution is 0.670. The molecule has 0 amide bonds. The molecule has 10 aromatic carbocycles. The largest absolute Gasteiger partial charge is 0.455 e. The van der Waals surface area contributed by atoms with Crippen molar-refractivity contribution in [2.45, 2.75) is 0 Å². The molecule has 0 radical (unpaired) electrons. The number of hydrogen-bond acceptors (Lipinski definition) is 2. The van der Waals surface area contributed by atoms with Gasteiger partial charge in [0.15, 0.2) is 0 Å². The molecule has 2 heteroatoms. The SMILES string of the molecule is c1ccc(-c2c(-c3ccc(N(c4ccc(-c5cccc6c5oc5ccccc56)cc4)c4cccc5ccccc45)cc3)c3ccccc3c3ccccc23)cc1. The van der Waals surface area contributed by atoms with Crippen LogP contribution in [0, 0.1) is 0 Å². The number of hydrogen-bond donors (Lipinski definition) is 0. The van der Waals surface area contributed by atoms with E-state index in [0.29, 0.717) is 0 Å². The highest BCUT2D eigenvalue weighted by Crippen LogP contribution is 2.46. The summed E-state index contributed by atoms with van der Waals surface area (Å²) in [6.07, 6.45) is 0. The van der Waals surface area contributed by atoms with Gasteiger partial charge in [0.1, 0.15) is 11.2 Å². The van der Waals surface area contributed by atoms with Gasteiger partial charge in [0.25, 0.3) is 0 Å². The molecule has 1 heterocycles. The average molecular weight is 714 g/mol. The van der Waals surface area contributed by atoms with Gasteiger partial charge in [-0.25, -0.2) is 0 Å². The van der Waals surface area contributed by atoms with Crippen LogP contribution in [0.25, 0.3) is 87.6 Å². The minimum atomic E-state index is 0.907. The van der Waals surface area contributed by atoms with Crippen molar-refractivity contribution in [2.24, 2.45) is 0 Å². The number of nitrogens with zero attached hydrogens (tertiary/aromatic N) is 1. The highest BCUT2D eigenvalue weighted by molar-refractivity contribution is 6.21. The standard InChI is InChI=1S/C54H35NO/c1-2-15-38(16-3-1)52-47-22-8-6-19-44(47)45-20-7-9-23-48(45)53(52)39-30-34-41(35-31-39)55(50-26-12-17-36-14-4-5-18-42(36)50)40-32-28-37(29-33-40)43-24-13-25-49-46-21-10-11-27-51(46)56-54(43)49/h1-35H. The van der Waals surface area contributed by atoms with E-state index in [1.54, 1.807) is 0 Å². The minimum absolute atomic E-state index is 0.907. The first-order valence-corrected chi connectivity index (χ1v) is 19.2. The minimum Gasteiger partial charge on any atom is -0.455 e. The van der Waals surface area contributed by atoms with Crippen molar-refractivity contribution < 1.29 is 4.42 Å².